The summed E-state index contributed by atoms with van der Waals surface area (Å²) in [6.45, 7) is 4.99. The molecule has 3 aromatic rings. The number of anilines is 1. The molecule has 0 saturated carbocycles. The molecular weight excluding hydrogens is 358 g/mol. The van der Waals surface area contributed by atoms with Gasteiger partial charge in [0.2, 0.25) is 5.95 Å². The molecule has 0 unspecified atom stereocenters. The second-order valence-electron chi connectivity index (χ2n) is 7.67. The average Bonchev–Trinajstić information content (AvgIpc) is 2.78. The maximum absolute atomic E-state index is 12.0. The van der Waals surface area contributed by atoms with Gasteiger partial charge in [-0.1, -0.05) is 88.4 Å². The number of fused-ring (bicyclic) bond motifs is 1. The van der Waals surface area contributed by atoms with Crippen molar-refractivity contribution in [3.8, 4) is 0 Å². The Morgan fingerprint density at radius 2 is 1.52 bits per heavy atom. The fourth-order valence-corrected chi connectivity index (χ4v) is 4.03. The Kier molecular flexibility index (Phi) is 7.59. The Balaban J connectivity index is 1.93. The first kappa shape index (κ1) is 21.3. The maximum Gasteiger partial charge on any atom is 0.227 e. The SMILES string of the molecule is CCCCCCCCN(c1ncccn1)[C@@](O)(CC)c1cccc2ccccc12. The molecule has 4 nitrogen and oxygen atoms in total. The molecule has 1 aromatic heterocycles. The second kappa shape index (κ2) is 10.4. The van der Waals surface area contributed by atoms with Crippen molar-refractivity contribution in [1.82, 2.24) is 9.97 Å². The summed E-state index contributed by atoms with van der Waals surface area (Å²) in [6, 6.07) is 16.2. The van der Waals surface area contributed by atoms with Crippen molar-refractivity contribution in [2.24, 2.45) is 0 Å². The van der Waals surface area contributed by atoms with Crippen molar-refractivity contribution in [3.05, 3.63) is 66.5 Å². The fourth-order valence-electron chi connectivity index (χ4n) is 4.03. The van der Waals surface area contributed by atoms with Crippen LogP contribution in [0.2, 0.25) is 0 Å². The molecule has 0 bridgehead atoms. The molecule has 0 amide bonds. The lowest BCUT2D eigenvalue weighted by atomic mass is 9.92. The van der Waals surface area contributed by atoms with E-state index in [9.17, 15) is 5.11 Å². The summed E-state index contributed by atoms with van der Waals surface area (Å²) in [4.78, 5) is 11.0. The third kappa shape index (κ3) is 4.94. The van der Waals surface area contributed by atoms with Gasteiger partial charge in [0.05, 0.1) is 0 Å². The maximum atomic E-state index is 12.0. The van der Waals surface area contributed by atoms with Crippen molar-refractivity contribution in [1.29, 1.82) is 0 Å². The van der Waals surface area contributed by atoms with E-state index < -0.39 is 5.72 Å². The van der Waals surface area contributed by atoms with Gasteiger partial charge in [0, 0.05) is 24.5 Å². The highest BCUT2D eigenvalue weighted by Gasteiger charge is 2.37. The number of aliphatic hydroxyl groups is 1. The van der Waals surface area contributed by atoms with Gasteiger partial charge in [-0.3, -0.25) is 0 Å². The van der Waals surface area contributed by atoms with E-state index in [-0.39, 0.29) is 0 Å². The van der Waals surface area contributed by atoms with Gasteiger partial charge >= 0.3 is 0 Å². The third-order valence-electron chi connectivity index (χ3n) is 5.69. The van der Waals surface area contributed by atoms with E-state index in [2.05, 4.69) is 35.1 Å². The minimum Gasteiger partial charge on any atom is -0.367 e. The van der Waals surface area contributed by atoms with E-state index in [1.165, 1.54) is 25.7 Å². The van der Waals surface area contributed by atoms with Gasteiger partial charge in [-0.25, -0.2) is 9.97 Å². The molecule has 0 aliphatic heterocycles. The second-order valence-corrected chi connectivity index (χ2v) is 7.67. The van der Waals surface area contributed by atoms with Crippen LogP contribution in [-0.4, -0.2) is 21.6 Å². The number of hydrogen-bond donors (Lipinski definition) is 1. The van der Waals surface area contributed by atoms with E-state index in [0.717, 1.165) is 35.7 Å². The average molecular weight is 392 g/mol. The lowest BCUT2D eigenvalue weighted by Crippen LogP contribution is -2.47. The normalized spacial score (nSPS) is 13.3. The minimum atomic E-state index is -1.16. The lowest BCUT2D eigenvalue weighted by Gasteiger charge is -2.40. The quantitative estimate of drug-likeness (QED) is 0.319. The molecule has 1 N–H and O–H groups in total. The van der Waals surface area contributed by atoms with Crippen LogP contribution in [0.25, 0.3) is 10.8 Å². The molecule has 3 rings (SSSR count). The molecule has 0 spiro atoms. The van der Waals surface area contributed by atoms with Crippen molar-refractivity contribution < 1.29 is 5.11 Å². The molecule has 1 atom stereocenters. The number of rotatable bonds is 11. The molecule has 154 valence electrons. The molecule has 0 saturated heterocycles. The van der Waals surface area contributed by atoms with Crippen molar-refractivity contribution in [2.45, 2.75) is 64.5 Å². The van der Waals surface area contributed by atoms with Crippen molar-refractivity contribution >= 4 is 16.7 Å². The molecule has 0 aliphatic rings. The first-order chi connectivity index (χ1) is 14.2. The Labute approximate surface area is 174 Å². The number of hydrogen-bond acceptors (Lipinski definition) is 4. The van der Waals surface area contributed by atoms with Crippen LogP contribution in [0.15, 0.2) is 60.9 Å². The highest BCUT2D eigenvalue weighted by molar-refractivity contribution is 5.86. The molecule has 4 heteroatoms. The summed E-state index contributed by atoms with van der Waals surface area (Å²) >= 11 is 0. The first-order valence-electron chi connectivity index (χ1n) is 11.0. The summed E-state index contributed by atoms with van der Waals surface area (Å²) in [5.74, 6) is 0.582. The van der Waals surface area contributed by atoms with Crippen LogP contribution >= 0.6 is 0 Å². The van der Waals surface area contributed by atoms with Crippen LogP contribution in [0, 0.1) is 0 Å². The summed E-state index contributed by atoms with van der Waals surface area (Å²) in [5.41, 5.74) is -0.248. The molecule has 1 heterocycles. The van der Waals surface area contributed by atoms with Crippen LogP contribution in [0.1, 0.15) is 64.4 Å². The zero-order chi connectivity index (χ0) is 20.5. The Hall–Kier alpha value is -2.46. The fraction of sp³-hybridized carbons (Fsp3) is 0.440. The topological polar surface area (TPSA) is 49.2 Å². The monoisotopic (exact) mass is 391 g/mol. The summed E-state index contributed by atoms with van der Waals surface area (Å²) in [6.07, 6.45) is 11.3. The van der Waals surface area contributed by atoms with E-state index in [1.54, 1.807) is 12.4 Å². The van der Waals surface area contributed by atoms with Gasteiger partial charge in [-0.05, 0) is 29.7 Å². The summed E-state index contributed by atoms with van der Waals surface area (Å²) in [7, 11) is 0. The van der Waals surface area contributed by atoms with Crippen LogP contribution in [0.3, 0.4) is 0 Å². The van der Waals surface area contributed by atoms with E-state index in [4.69, 9.17) is 0 Å². The number of benzene rings is 2. The van der Waals surface area contributed by atoms with Gasteiger partial charge in [-0.2, -0.15) is 0 Å². The van der Waals surface area contributed by atoms with Crippen LogP contribution in [-0.2, 0) is 5.72 Å². The summed E-state index contributed by atoms with van der Waals surface area (Å²) in [5, 5.41) is 14.2. The highest BCUT2D eigenvalue weighted by atomic mass is 16.3. The third-order valence-corrected chi connectivity index (χ3v) is 5.69. The zero-order valence-corrected chi connectivity index (χ0v) is 17.7. The van der Waals surface area contributed by atoms with Gasteiger partial charge in [-0.15, -0.1) is 0 Å². The standard InChI is InChI=1S/C25H33N3O/c1-3-5-6-7-8-11-20-28(24-26-18-13-19-27-24)25(29,4-2)23-17-12-15-21-14-9-10-16-22(21)23/h9-10,12-19,29H,3-8,11,20H2,1-2H3/t25-/m1/s1. The van der Waals surface area contributed by atoms with E-state index in [1.807, 2.05) is 42.2 Å². The smallest absolute Gasteiger partial charge is 0.227 e. The van der Waals surface area contributed by atoms with Crippen LogP contribution < -0.4 is 4.90 Å². The van der Waals surface area contributed by atoms with Gasteiger partial charge in [0.25, 0.3) is 0 Å². The van der Waals surface area contributed by atoms with Gasteiger partial charge in [0.1, 0.15) is 0 Å². The van der Waals surface area contributed by atoms with Gasteiger partial charge < -0.3 is 10.0 Å². The van der Waals surface area contributed by atoms with Crippen LogP contribution in [0.5, 0.6) is 0 Å². The molecule has 0 fully saturated rings. The highest BCUT2D eigenvalue weighted by Crippen LogP contribution is 2.36. The molecule has 2 aromatic carbocycles. The van der Waals surface area contributed by atoms with Crippen LogP contribution in [0.4, 0.5) is 5.95 Å². The van der Waals surface area contributed by atoms with Crippen molar-refractivity contribution in [2.75, 3.05) is 11.4 Å². The molecule has 0 radical (unpaired) electrons. The Morgan fingerprint density at radius 1 is 0.828 bits per heavy atom. The predicted molar refractivity (Wildman–Crippen MR) is 121 cm³/mol. The Bertz CT molecular complexity index is 878. The molecule has 29 heavy (non-hydrogen) atoms. The van der Waals surface area contributed by atoms with Gasteiger partial charge in [0.15, 0.2) is 5.72 Å². The molecule has 0 aliphatic carbocycles. The number of unbranched alkanes of at least 4 members (excludes halogenated alkanes) is 5. The predicted octanol–water partition coefficient (Wildman–Crippen LogP) is 6.05. The molecular formula is C25H33N3O. The van der Waals surface area contributed by atoms with Crippen molar-refractivity contribution in [3.63, 3.8) is 0 Å². The van der Waals surface area contributed by atoms with E-state index >= 15 is 0 Å². The summed E-state index contributed by atoms with van der Waals surface area (Å²) < 4.78 is 0. The zero-order valence-electron chi connectivity index (χ0n) is 17.7. The Morgan fingerprint density at radius 3 is 2.28 bits per heavy atom. The number of nitrogens with zero attached hydrogens (tertiary/aromatic N) is 3. The first-order valence-corrected chi connectivity index (χ1v) is 11.0. The minimum absolute atomic E-state index is 0.551. The lowest BCUT2D eigenvalue weighted by molar-refractivity contribution is 0.0278. The van der Waals surface area contributed by atoms with E-state index in [0.29, 0.717) is 12.4 Å². The largest absolute Gasteiger partial charge is 0.367 e. The number of aromatic nitrogens is 2.